The minimum atomic E-state index is -0.270. The van der Waals surface area contributed by atoms with E-state index < -0.39 is 0 Å². The maximum absolute atomic E-state index is 11.0. The van der Waals surface area contributed by atoms with Crippen molar-refractivity contribution in [3.63, 3.8) is 0 Å². The summed E-state index contributed by atoms with van der Waals surface area (Å²) >= 11 is 0. The fourth-order valence-electron chi connectivity index (χ4n) is 1.85. The molecule has 0 aromatic carbocycles. The van der Waals surface area contributed by atoms with E-state index in [4.69, 9.17) is 4.74 Å². The highest BCUT2D eigenvalue weighted by Crippen LogP contribution is 2.27. The van der Waals surface area contributed by atoms with E-state index in [1.165, 1.54) is 24.2 Å². The van der Waals surface area contributed by atoms with Crippen molar-refractivity contribution in [3.8, 4) is 0 Å². The van der Waals surface area contributed by atoms with Gasteiger partial charge < -0.3 is 10.1 Å². The molecule has 1 aliphatic rings. The number of hydrogen-bond donors (Lipinski definition) is 1. The van der Waals surface area contributed by atoms with Gasteiger partial charge >= 0.3 is 0 Å². The Morgan fingerprint density at radius 3 is 2.62 bits per heavy atom. The highest BCUT2D eigenvalue weighted by molar-refractivity contribution is 5.87. The SMILES string of the molecule is CNC(=O)/C=C\N(C=O)[C@@H]1O[C@H](C)C[C@@H]1C. The highest BCUT2D eigenvalue weighted by Gasteiger charge is 2.32. The Labute approximate surface area is 95.4 Å². The second kappa shape index (κ2) is 5.65. The zero-order valence-corrected chi connectivity index (χ0v) is 9.84. The van der Waals surface area contributed by atoms with Gasteiger partial charge in [0.25, 0.3) is 0 Å². The third kappa shape index (κ3) is 3.06. The van der Waals surface area contributed by atoms with Gasteiger partial charge in [0.15, 0.2) is 0 Å². The lowest BCUT2D eigenvalue weighted by molar-refractivity contribution is -0.127. The first-order chi connectivity index (χ1) is 7.58. The summed E-state index contributed by atoms with van der Waals surface area (Å²) in [5, 5.41) is 2.45. The Kier molecular flexibility index (Phi) is 4.49. The van der Waals surface area contributed by atoms with E-state index in [1.807, 2.05) is 13.8 Å². The first kappa shape index (κ1) is 12.7. The number of nitrogens with one attached hydrogen (secondary N) is 1. The summed E-state index contributed by atoms with van der Waals surface area (Å²) in [4.78, 5) is 23.3. The molecule has 0 spiro atoms. The van der Waals surface area contributed by atoms with E-state index >= 15 is 0 Å². The van der Waals surface area contributed by atoms with Crippen LogP contribution < -0.4 is 5.32 Å². The van der Waals surface area contributed by atoms with Crippen LogP contribution in [0.4, 0.5) is 0 Å². The molecule has 2 amide bonds. The molecule has 0 aromatic heterocycles. The summed E-state index contributed by atoms with van der Waals surface area (Å²) in [5.41, 5.74) is 0. The average Bonchev–Trinajstić information content (AvgIpc) is 2.59. The second-order valence-corrected chi connectivity index (χ2v) is 4.03. The van der Waals surface area contributed by atoms with Crippen LogP contribution in [-0.2, 0) is 14.3 Å². The zero-order valence-electron chi connectivity index (χ0n) is 9.84. The average molecular weight is 226 g/mol. The van der Waals surface area contributed by atoms with Crippen LogP contribution >= 0.6 is 0 Å². The molecular weight excluding hydrogens is 208 g/mol. The van der Waals surface area contributed by atoms with Crippen LogP contribution in [0.3, 0.4) is 0 Å². The zero-order chi connectivity index (χ0) is 12.1. The molecule has 5 nitrogen and oxygen atoms in total. The van der Waals surface area contributed by atoms with Crippen molar-refractivity contribution in [1.29, 1.82) is 0 Å². The van der Waals surface area contributed by atoms with Gasteiger partial charge in [-0.25, -0.2) is 0 Å². The monoisotopic (exact) mass is 226 g/mol. The molecule has 0 unspecified atom stereocenters. The summed E-state index contributed by atoms with van der Waals surface area (Å²) in [6.45, 7) is 4.00. The van der Waals surface area contributed by atoms with Crippen LogP contribution in [0.25, 0.3) is 0 Å². The molecule has 0 bridgehead atoms. The van der Waals surface area contributed by atoms with Crippen molar-refractivity contribution < 1.29 is 14.3 Å². The Balaban J connectivity index is 2.64. The maximum Gasteiger partial charge on any atom is 0.245 e. The van der Waals surface area contributed by atoms with Gasteiger partial charge in [-0.05, 0) is 13.3 Å². The van der Waals surface area contributed by atoms with Crippen LogP contribution in [0.2, 0.25) is 0 Å². The minimum absolute atomic E-state index is 0.149. The number of nitrogens with zero attached hydrogens (tertiary/aromatic N) is 1. The molecule has 1 N–H and O–H groups in total. The number of hydrogen-bond acceptors (Lipinski definition) is 3. The molecule has 3 atom stereocenters. The lowest BCUT2D eigenvalue weighted by atomic mass is 10.1. The molecule has 1 heterocycles. The van der Waals surface area contributed by atoms with Gasteiger partial charge in [0, 0.05) is 25.2 Å². The van der Waals surface area contributed by atoms with E-state index in [1.54, 1.807) is 0 Å². The Bertz CT molecular complexity index is 291. The van der Waals surface area contributed by atoms with Gasteiger partial charge in [-0.1, -0.05) is 6.92 Å². The molecule has 1 fully saturated rings. The summed E-state index contributed by atoms with van der Waals surface area (Å²) in [6.07, 6.45) is 4.24. The molecule has 1 rings (SSSR count). The molecule has 0 aliphatic carbocycles. The highest BCUT2D eigenvalue weighted by atomic mass is 16.5. The molecule has 0 aromatic rings. The van der Waals surface area contributed by atoms with Crippen molar-refractivity contribution in [2.75, 3.05) is 7.05 Å². The van der Waals surface area contributed by atoms with Crippen LogP contribution in [0.15, 0.2) is 12.3 Å². The molecular formula is C11H18N2O3. The Morgan fingerprint density at radius 1 is 1.50 bits per heavy atom. The van der Waals surface area contributed by atoms with Crippen LogP contribution in [0, 0.1) is 5.92 Å². The van der Waals surface area contributed by atoms with Crippen molar-refractivity contribution >= 4 is 12.3 Å². The number of ether oxygens (including phenoxy) is 1. The molecule has 16 heavy (non-hydrogen) atoms. The quantitative estimate of drug-likeness (QED) is 0.560. The fourth-order valence-corrected chi connectivity index (χ4v) is 1.85. The van der Waals surface area contributed by atoms with Crippen LogP contribution in [0.1, 0.15) is 20.3 Å². The van der Waals surface area contributed by atoms with Gasteiger partial charge in [-0.2, -0.15) is 0 Å². The molecule has 0 saturated carbocycles. The summed E-state index contributed by atoms with van der Waals surface area (Å²) in [6, 6.07) is 0. The van der Waals surface area contributed by atoms with Crippen molar-refractivity contribution in [1.82, 2.24) is 10.2 Å². The number of amides is 2. The summed E-state index contributed by atoms with van der Waals surface area (Å²) in [5.74, 6) is 0.0279. The van der Waals surface area contributed by atoms with Crippen molar-refractivity contribution in [3.05, 3.63) is 12.3 Å². The van der Waals surface area contributed by atoms with Gasteiger partial charge in [0.2, 0.25) is 12.3 Å². The second-order valence-electron chi connectivity index (χ2n) is 4.03. The van der Waals surface area contributed by atoms with E-state index in [2.05, 4.69) is 5.32 Å². The van der Waals surface area contributed by atoms with E-state index in [-0.39, 0.29) is 24.2 Å². The summed E-state index contributed by atoms with van der Waals surface area (Å²) in [7, 11) is 1.54. The van der Waals surface area contributed by atoms with E-state index in [0.717, 1.165) is 6.42 Å². The van der Waals surface area contributed by atoms with Crippen molar-refractivity contribution in [2.24, 2.45) is 5.92 Å². The van der Waals surface area contributed by atoms with Gasteiger partial charge in [-0.3, -0.25) is 14.5 Å². The Hall–Kier alpha value is -1.36. The summed E-state index contributed by atoms with van der Waals surface area (Å²) < 4.78 is 5.60. The molecule has 1 aliphatic heterocycles. The molecule has 5 heteroatoms. The smallest absolute Gasteiger partial charge is 0.245 e. The molecule has 90 valence electrons. The maximum atomic E-state index is 11.0. The Morgan fingerprint density at radius 2 is 2.19 bits per heavy atom. The normalized spacial score (nSPS) is 29.3. The molecule has 0 radical (unpaired) electrons. The van der Waals surface area contributed by atoms with Crippen molar-refractivity contribution in [2.45, 2.75) is 32.6 Å². The molecule has 1 saturated heterocycles. The minimum Gasteiger partial charge on any atom is -0.356 e. The number of rotatable bonds is 4. The third-order valence-electron chi connectivity index (χ3n) is 2.62. The van der Waals surface area contributed by atoms with E-state index in [9.17, 15) is 9.59 Å². The number of carbonyl (C=O) groups excluding carboxylic acids is 2. The van der Waals surface area contributed by atoms with E-state index in [0.29, 0.717) is 6.41 Å². The lowest BCUT2D eigenvalue weighted by Crippen LogP contribution is -2.33. The van der Waals surface area contributed by atoms with Gasteiger partial charge in [0.05, 0.1) is 6.10 Å². The predicted molar refractivity (Wildman–Crippen MR) is 59.2 cm³/mol. The number of carbonyl (C=O) groups is 2. The van der Waals surface area contributed by atoms with Crippen LogP contribution in [-0.4, -0.2) is 36.6 Å². The third-order valence-corrected chi connectivity index (χ3v) is 2.62. The van der Waals surface area contributed by atoms with Gasteiger partial charge in [-0.15, -0.1) is 0 Å². The predicted octanol–water partition coefficient (Wildman–Crippen LogP) is 0.475. The van der Waals surface area contributed by atoms with Gasteiger partial charge in [0.1, 0.15) is 6.23 Å². The van der Waals surface area contributed by atoms with Crippen LogP contribution in [0.5, 0.6) is 0 Å². The largest absolute Gasteiger partial charge is 0.356 e. The fraction of sp³-hybridized carbons (Fsp3) is 0.636. The number of likely N-dealkylation sites (N-methyl/N-ethyl adjacent to an activating group) is 1. The lowest BCUT2D eigenvalue weighted by Gasteiger charge is -2.23. The standard InChI is InChI=1S/C11H18N2O3/c1-8-6-9(2)16-11(8)13(7-14)5-4-10(15)12-3/h4-5,7-9,11H,6H2,1-3H3,(H,12,15)/b5-4-/t8-,9+,11+/m0/s1. The first-order valence-corrected chi connectivity index (χ1v) is 5.36. The first-order valence-electron chi connectivity index (χ1n) is 5.36. The topological polar surface area (TPSA) is 58.6 Å².